The van der Waals surface area contributed by atoms with E-state index in [1.165, 1.54) is 0 Å². The molecule has 0 aromatic heterocycles. The molecule has 3 fully saturated rings. The smallest absolute Gasteiger partial charge is 0.267 e. The van der Waals surface area contributed by atoms with Crippen molar-refractivity contribution in [3.63, 3.8) is 0 Å². The third-order valence-corrected chi connectivity index (χ3v) is 6.86. The van der Waals surface area contributed by atoms with Crippen LogP contribution in [0.1, 0.15) is 16.8 Å². The lowest BCUT2D eigenvalue weighted by Crippen LogP contribution is -2.40. The Kier molecular flexibility index (Phi) is 2.61. The van der Waals surface area contributed by atoms with Gasteiger partial charge in [-0.15, -0.1) is 0 Å². The molecule has 128 valence electrons. The van der Waals surface area contributed by atoms with Gasteiger partial charge in [-0.3, -0.25) is 14.4 Å². The molecule has 4 heteroatoms. The van der Waals surface area contributed by atoms with E-state index in [1.54, 1.807) is 12.1 Å². The minimum atomic E-state index is -0.478. The van der Waals surface area contributed by atoms with Gasteiger partial charge in [0.2, 0.25) is 11.8 Å². The molecule has 0 unspecified atom stereocenters. The maximum absolute atomic E-state index is 13.0. The molecule has 2 saturated carbocycles. The first-order valence-electron chi connectivity index (χ1n) is 9.24. The highest BCUT2D eigenvalue weighted by molar-refractivity contribution is 6.22. The van der Waals surface area contributed by atoms with Crippen molar-refractivity contribution in [3.8, 4) is 0 Å². The molecular weight excluding hydrogens is 326 g/mol. The zero-order valence-corrected chi connectivity index (χ0v) is 14.0. The molecule has 7 rings (SSSR count). The van der Waals surface area contributed by atoms with Crippen molar-refractivity contribution in [2.75, 3.05) is 0 Å². The van der Waals surface area contributed by atoms with Crippen LogP contribution in [0.25, 0.3) is 10.8 Å². The Labute approximate surface area is 150 Å². The Morgan fingerprint density at radius 3 is 2.12 bits per heavy atom. The fraction of sp³-hybridized carbons (Fsp3) is 0.318. The number of rotatable bonds is 1. The molecule has 4 nitrogen and oxygen atoms in total. The van der Waals surface area contributed by atoms with Gasteiger partial charge >= 0.3 is 0 Å². The highest BCUT2D eigenvalue weighted by Crippen LogP contribution is 2.65. The van der Waals surface area contributed by atoms with E-state index in [-0.39, 0.29) is 35.5 Å². The van der Waals surface area contributed by atoms with Gasteiger partial charge < -0.3 is 0 Å². The summed E-state index contributed by atoms with van der Waals surface area (Å²) < 4.78 is 0. The Morgan fingerprint density at radius 1 is 0.846 bits per heavy atom. The van der Waals surface area contributed by atoms with Crippen LogP contribution < -0.4 is 0 Å². The summed E-state index contributed by atoms with van der Waals surface area (Å²) in [4.78, 5) is 40.1. The molecule has 1 saturated heterocycles. The summed E-state index contributed by atoms with van der Waals surface area (Å²) in [5.41, 5.74) is 0.398. The van der Waals surface area contributed by atoms with Crippen molar-refractivity contribution < 1.29 is 14.4 Å². The Balaban J connectivity index is 1.39. The van der Waals surface area contributed by atoms with Gasteiger partial charge in [-0.05, 0) is 53.0 Å². The fourth-order valence-corrected chi connectivity index (χ4v) is 5.61. The van der Waals surface area contributed by atoms with Crippen molar-refractivity contribution in [2.45, 2.75) is 6.42 Å². The molecule has 1 heterocycles. The number of nitrogens with zero attached hydrogens (tertiary/aromatic N) is 1. The van der Waals surface area contributed by atoms with Crippen LogP contribution in [0.5, 0.6) is 0 Å². The molecule has 4 aliphatic carbocycles. The van der Waals surface area contributed by atoms with Gasteiger partial charge in [-0.1, -0.05) is 42.5 Å². The van der Waals surface area contributed by atoms with Crippen molar-refractivity contribution in [2.24, 2.45) is 35.5 Å². The van der Waals surface area contributed by atoms with Crippen molar-refractivity contribution in [1.29, 1.82) is 0 Å². The Hall–Kier alpha value is -2.75. The minimum absolute atomic E-state index is 0.140. The number of hydrogen-bond donors (Lipinski definition) is 0. The molecule has 0 spiro atoms. The zero-order valence-electron chi connectivity index (χ0n) is 14.0. The van der Waals surface area contributed by atoms with E-state index in [1.807, 2.05) is 30.3 Å². The number of carbonyl (C=O) groups excluding carboxylic acids is 3. The third-order valence-electron chi connectivity index (χ3n) is 6.86. The van der Waals surface area contributed by atoms with Gasteiger partial charge in [0.1, 0.15) is 0 Å². The number of imide groups is 3. The van der Waals surface area contributed by atoms with Gasteiger partial charge in [0.25, 0.3) is 5.91 Å². The number of carbonyl (C=O) groups is 3. The summed E-state index contributed by atoms with van der Waals surface area (Å²) in [5, 5.41) is 1.96. The standard InChI is InChI=1S/C22H17NO3/c24-20(13-6-5-11-3-1-2-4-12(11)9-13)23-21(25)18-14-7-8-15(17-10-16(14)17)19(18)22(23)26/h1-9,14-19H,10H2/t14-,15-,16-,17-,18+,19+/m0/s1. The van der Waals surface area contributed by atoms with E-state index in [0.717, 1.165) is 22.1 Å². The molecule has 2 aromatic rings. The summed E-state index contributed by atoms with van der Waals surface area (Å²) >= 11 is 0. The normalized spacial score (nSPS) is 36.4. The maximum Gasteiger partial charge on any atom is 0.267 e. The number of amides is 3. The third kappa shape index (κ3) is 1.67. The molecule has 5 aliphatic rings. The second kappa shape index (κ2) is 4.70. The number of fused-ring (bicyclic) bond motifs is 1. The number of allylic oxidation sites excluding steroid dienone is 2. The summed E-state index contributed by atoms with van der Waals surface area (Å²) in [5.74, 6) is -0.352. The van der Waals surface area contributed by atoms with Gasteiger partial charge in [-0.25, -0.2) is 4.90 Å². The van der Waals surface area contributed by atoms with E-state index < -0.39 is 5.91 Å². The van der Waals surface area contributed by atoms with Crippen LogP contribution >= 0.6 is 0 Å². The van der Waals surface area contributed by atoms with E-state index >= 15 is 0 Å². The highest BCUT2D eigenvalue weighted by Gasteiger charge is 2.67. The SMILES string of the molecule is O=C(c1ccc2ccccc2c1)N1C(=O)[C@@H]2[C@H]3C=C[C@@H]([C@@H]4C[C@@H]34)[C@H]2C1=O. The minimum Gasteiger partial charge on any atom is -0.274 e. The van der Waals surface area contributed by atoms with Crippen molar-refractivity contribution in [3.05, 3.63) is 60.2 Å². The molecule has 0 N–H and O–H groups in total. The molecule has 6 atom stereocenters. The Bertz CT molecular complexity index is 1000. The molecule has 26 heavy (non-hydrogen) atoms. The van der Waals surface area contributed by atoms with Crippen LogP contribution in [-0.2, 0) is 9.59 Å². The summed E-state index contributed by atoms with van der Waals surface area (Å²) in [7, 11) is 0. The van der Waals surface area contributed by atoms with Crippen LogP contribution in [0, 0.1) is 35.5 Å². The second-order valence-electron chi connectivity index (χ2n) is 8.03. The van der Waals surface area contributed by atoms with Gasteiger partial charge in [0.15, 0.2) is 0 Å². The average molecular weight is 343 g/mol. The molecule has 2 bridgehead atoms. The number of hydrogen-bond acceptors (Lipinski definition) is 3. The first-order chi connectivity index (χ1) is 12.6. The molecule has 3 amide bonds. The molecular formula is C22H17NO3. The van der Waals surface area contributed by atoms with Crippen LogP contribution in [0.3, 0.4) is 0 Å². The molecule has 0 radical (unpaired) electrons. The number of benzene rings is 2. The van der Waals surface area contributed by atoms with E-state index in [2.05, 4.69) is 12.2 Å². The van der Waals surface area contributed by atoms with Crippen LogP contribution in [0.4, 0.5) is 0 Å². The number of likely N-dealkylation sites (tertiary alicyclic amines) is 1. The van der Waals surface area contributed by atoms with Crippen LogP contribution in [0.2, 0.25) is 0 Å². The largest absolute Gasteiger partial charge is 0.274 e. The average Bonchev–Trinajstić information content (AvgIpc) is 3.45. The second-order valence-corrected chi connectivity index (χ2v) is 8.03. The molecule has 2 aromatic carbocycles. The lowest BCUT2D eigenvalue weighted by molar-refractivity contribution is -0.136. The molecule has 1 aliphatic heterocycles. The van der Waals surface area contributed by atoms with Gasteiger partial charge in [0.05, 0.1) is 11.8 Å². The topological polar surface area (TPSA) is 54.5 Å². The maximum atomic E-state index is 13.0. The highest BCUT2D eigenvalue weighted by atomic mass is 16.2. The van der Waals surface area contributed by atoms with Crippen LogP contribution in [-0.4, -0.2) is 22.6 Å². The van der Waals surface area contributed by atoms with E-state index in [0.29, 0.717) is 17.4 Å². The van der Waals surface area contributed by atoms with Crippen molar-refractivity contribution >= 4 is 28.5 Å². The Morgan fingerprint density at radius 2 is 1.46 bits per heavy atom. The summed E-state index contributed by atoms with van der Waals surface area (Å²) in [6.07, 6.45) is 5.36. The van der Waals surface area contributed by atoms with Crippen molar-refractivity contribution in [1.82, 2.24) is 4.90 Å². The lowest BCUT2D eigenvalue weighted by Gasteiger charge is -2.37. The van der Waals surface area contributed by atoms with Gasteiger partial charge in [-0.2, -0.15) is 0 Å². The lowest BCUT2D eigenvalue weighted by atomic mass is 9.63. The zero-order chi connectivity index (χ0) is 17.6. The monoisotopic (exact) mass is 343 g/mol. The fourth-order valence-electron chi connectivity index (χ4n) is 5.61. The first-order valence-corrected chi connectivity index (χ1v) is 9.24. The quantitative estimate of drug-likeness (QED) is 0.591. The van der Waals surface area contributed by atoms with Gasteiger partial charge in [0, 0.05) is 5.56 Å². The summed E-state index contributed by atoms with van der Waals surface area (Å²) in [6, 6.07) is 13.1. The first kappa shape index (κ1) is 14.4. The summed E-state index contributed by atoms with van der Waals surface area (Å²) in [6.45, 7) is 0. The van der Waals surface area contributed by atoms with E-state index in [9.17, 15) is 14.4 Å². The van der Waals surface area contributed by atoms with Crippen LogP contribution in [0.15, 0.2) is 54.6 Å². The van der Waals surface area contributed by atoms with E-state index in [4.69, 9.17) is 0 Å². The predicted molar refractivity (Wildman–Crippen MR) is 94.8 cm³/mol. The predicted octanol–water partition coefficient (Wildman–Crippen LogP) is 3.03.